The van der Waals surface area contributed by atoms with Crippen molar-refractivity contribution < 1.29 is 14.8 Å². The summed E-state index contributed by atoms with van der Waals surface area (Å²) in [6.07, 6.45) is -0.815. The molecule has 0 radical (unpaired) electrons. The Morgan fingerprint density at radius 1 is 1.17 bits per heavy atom. The van der Waals surface area contributed by atoms with Crippen LogP contribution in [0, 0.1) is 0 Å². The molecule has 3 aromatic rings. The van der Waals surface area contributed by atoms with E-state index in [2.05, 4.69) is 15.2 Å². The Kier molecular flexibility index (Phi) is 3.28. The van der Waals surface area contributed by atoms with E-state index in [-0.39, 0.29) is 6.10 Å². The van der Waals surface area contributed by atoms with Gasteiger partial charge in [0.15, 0.2) is 5.52 Å². The standard InChI is InChI=1S/C17H17N3O3/c1-10(21)11-3-2-4-12(5-11)13-6-15-17(19-23-18-15)16(7-13)20-8-14(22)9-20/h2-7,10,14,21-22H,8-9H2,1H3. The van der Waals surface area contributed by atoms with Gasteiger partial charge in [-0.3, -0.25) is 0 Å². The Morgan fingerprint density at radius 3 is 2.74 bits per heavy atom. The maximum atomic E-state index is 9.78. The number of aliphatic hydroxyl groups is 2. The van der Waals surface area contributed by atoms with Crippen LogP contribution in [-0.4, -0.2) is 39.7 Å². The van der Waals surface area contributed by atoms with E-state index in [1.54, 1.807) is 6.92 Å². The van der Waals surface area contributed by atoms with Gasteiger partial charge in [-0.25, -0.2) is 4.63 Å². The monoisotopic (exact) mass is 311 g/mol. The maximum Gasteiger partial charge on any atom is 0.158 e. The van der Waals surface area contributed by atoms with Crippen LogP contribution in [0.15, 0.2) is 41.0 Å². The highest BCUT2D eigenvalue weighted by Gasteiger charge is 2.27. The second-order valence-electron chi connectivity index (χ2n) is 5.99. The molecule has 1 aliphatic rings. The average molecular weight is 311 g/mol. The van der Waals surface area contributed by atoms with Gasteiger partial charge in [0.05, 0.1) is 17.9 Å². The number of hydrogen-bond donors (Lipinski definition) is 2. The highest BCUT2D eigenvalue weighted by Crippen LogP contribution is 2.34. The molecule has 0 amide bonds. The molecule has 6 heteroatoms. The zero-order valence-electron chi connectivity index (χ0n) is 12.7. The van der Waals surface area contributed by atoms with E-state index in [0.717, 1.165) is 22.4 Å². The molecule has 2 N–H and O–H groups in total. The zero-order chi connectivity index (χ0) is 16.0. The molecule has 2 heterocycles. The van der Waals surface area contributed by atoms with Crippen LogP contribution in [0.4, 0.5) is 5.69 Å². The molecule has 1 fully saturated rings. The van der Waals surface area contributed by atoms with Crippen LogP contribution >= 0.6 is 0 Å². The average Bonchev–Trinajstić information content (AvgIpc) is 2.99. The van der Waals surface area contributed by atoms with E-state index >= 15 is 0 Å². The topological polar surface area (TPSA) is 82.6 Å². The predicted octanol–water partition coefficient (Wildman–Crippen LogP) is 2.12. The molecule has 0 saturated carbocycles. The fourth-order valence-electron chi connectivity index (χ4n) is 2.91. The lowest BCUT2D eigenvalue weighted by Gasteiger charge is -2.37. The molecule has 1 unspecified atom stereocenters. The van der Waals surface area contributed by atoms with Crippen LogP contribution in [0.2, 0.25) is 0 Å². The maximum absolute atomic E-state index is 9.78. The summed E-state index contributed by atoms with van der Waals surface area (Å²) < 4.78 is 4.87. The number of aliphatic hydroxyl groups excluding tert-OH is 2. The lowest BCUT2D eigenvalue weighted by Crippen LogP contribution is -2.50. The van der Waals surface area contributed by atoms with Gasteiger partial charge in [0.2, 0.25) is 0 Å². The van der Waals surface area contributed by atoms with Crippen molar-refractivity contribution in [3.8, 4) is 11.1 Å². The fourth-order valence-corrected chi connectivity index (χ4v) is 2.91. The van der Waals surface area contributed by atoms with Crippen LogP contribution in [0.3, 0.4) is 0 Å². The van der Waals surface area contributed by atoms with Crippen LogP contribution in [0.1, 0.15) is 18.6 Å². The van der Waals surface area contributed by atoms with E-state index in [9.17, 15) is 10.2 Å². The van der Waals surface area contributed by atoms with Gasteiger partial charge in [0.1, 0.15) is 5.52 Å². The lowest BCUT2D eigenvalue weighted by atomic mass is 9.99. The van der Waals surface area contributed by atoms with Crippen LogP contribution in [0.25, 0.3) is 22.2 Å². The summed E-state index contributed by atoms with van der Waals surface area (Å²) >= 11 is 0. The van der Waals surface area contributed by atoms with Gasteiger partial charge in [-0.05, 0) is 52.1 Å². The minimum Gasteiger partial charge on any atom is -0.389 e. The quantitative estimate of drug-likeness (QED) is 0.771. The van der Waals surface area contributed by atoms with Gasteiger partial charge in [-0.15, -0.1) is 0 Å². The number of anilines is 1. The molecule has 2 aromatic carbocycles. The predicted molar refractivity (Wildman–Crippen MR) is 86.1 cm³/mol. The van der Waals surface area contributed by atoms with Crippen molar-refractivity contribution in [1.29, 1.82) is 0 Å². The molecule has 1 saturated heterocycles. The van der Waals surface area contributed by atoms with Crippen molar-refractivity contribution in [2.45, 2.75) is 19.1 Å². The molecule has 6 nitrogen and oxygen atoms in total. The van der Waals surface area contributed by atoms with Crippen molar-refractivity contribution in [3.63, 3.8) is 0 Å². The van der Waals surface area contributed by atoms with E-state index in [4.69, 9.17) is 4.63 Å². The molecule has 1 aromatic heterocycles. The Labute approximate surface area is 132 Å². The summed E-state index contributed by atoms with van der Waals surface area (Å²) in [6.45, 7) is 2.91. The molecule has 1 aliphatic heterocycles. The molecule has 0 spiro atoms. The molecule has 0 aliphatic carbocycles. The highest BCUT2D eigenvalue weighted by molar-refractivity contribution is 5.93. The Bertz CT molecular complexity index is 853. The highest BCUT2D eigenvalue weighted by atomic mass is 16.6. The lowest BCUT2D eigenvalue weighted by molar-refractivity contribution is 0.142. The summed E-state index contributed by atoms with van der Waals surface area (Å²) in [5.74, 6) is 0. The first-order valence-corrected chi connectivity index (χ1v) is 7.59. The molecule has 4 rings (SSSR count). The number of fused-ring (bicyclic) bond motifs is 1. The smallest absolute Gasteiger partial charge is 0.158 e. The number of rotatable bonds is 3. The first-order valence-electron chi connectivity index (χ1n) is 7.59. The van der Waals surface area contributed by atoms with Gasteiger partial charge >= 0.3 is 0 Å². The van der Waals surface area contributed by atoms with Crippen molar-refractivity contribution in [2.24, 2.45) is 0 Å². The SMILES string of the molecule is CC(O)c1cccc(-c2cc(N3CC(O)C3)c3nonc3c2)c1. The summed E-state index contributed by atoms with van der Waals surface area (Å²) in [5.41, 5.74) is 5.13. The zero-order valence-corrected chi connectivity index (χ0v) is 12.7. The summed E-state index contributed by atoms with van der Waals surface area (Å²) in [5, 5.41) is 27.3. The van der Waals surface area contributed by atoms with Gasteiger partial charge in [-0.2, -0.15) is 0 Å². The summed E-state index contributed by atoms with van der Waals surface area (Å²) in [6, 6.07) is 11.7. The Morgan fingerprint density at radius 2 is 2.00 bits per heavy atom. The van der Waals surface area contributed by atoms with Crippen molar-refractivity contribution in [2.75, 3.05) is 18.0 Å². The number of hydrogen-bond acceptors (Lipinski definition) is 6. The molecule has 0 bridgehead atoms. The van der Waals surface area contributed by atoms with E-state index in [0.29, 0.717) is 24.1 Å². The third kappa shape index (κ3) is 2.46. The Balaban J connectivity index is 1.82. The van der Waals surface area contributed by atoms with Gasteiger partial charge in [0, 0.05) is 13.1 Å². The van der Waals surface area contributed by atoms with Gasteiger partial charge in [-0.1, -0.05) is 18.2 Å². The van der Waals surface area contributed by atoms with Crippen molar-refractivity contribution in [3.05, 3.63) is 42.0 Å². The van der Waals surface area contributed by atoms with Crippen LogP contribution < -0.4 is 4.90 Å². The third-order valence-electron chi connectivity index (χ3n) is 4.25. The Hall–Kier alpha value is -2.44. The van der Waals surface area contributed by atoms with Crippen molar-refractivity contribution >= 4 is 16.7 Å². The minimum absolute atomic E-state index is 0.299. The fraction of sp³-hybridized carbons (Fsp3) is 0.294. The minimum atomic E-state index is -0.516. The number of β-amino-alcohol motifs (C(OH)–C–C–N with tert-alkyl or cyclic N) is 1. The van der Waals surface area contributed by atoms with Crippen LogP contribution in [0.5, 0.6) is 0 Å². The first kappa shape index (κ1) is 14.2. The largest absolute Gasteiger partial charge is 0.389 e. The normalized spacial score (nSPS) is 16.6. The van der Waals surface area contributed by atoms with Gasteiger partial charge < -0.3 is 15.1 Å². The molecule has 23 heavy (non-hydrogen) atoms. The second-order valence-corrected chi connectivity index (χ2v) is 5.99. The molecular formula is C17H17N3O3. The van der Waals surface area contributed by atoms with Gasteiger partial charge in [0.25, 0.3) is 0 Å². The first-order chi connectivity index (χ1) is 11.1. The van der Waals surface area contributed by atoms with E-state index < -0.39 is 6.10 Å². The molecule has 118 valence electrons. The third-order valence-corrected chi connectivity index (χ3v) is 4.25. The summed E-state index contributed by atoms with van der Waals surface area (Å²) in [4.78, 5) is 2.05. The number of nitrogens with zero attached hydrogens (tertiary/aromatic N) is 3. The molecular weight excluding hydrogens is 294 g/mol. The number of benzene rings is 2. The second kappa shape index (κ2) is 5.33. The number of aromatic nitrogens is 2. The summed E-state index contributed by atoms with van der Waals surface area (Å²) in [7, 11) is 0. The van der Waals surface area contributed by atoms with E-state index in [1.165, 1.54) is 0 Å². The molecule has 1 atom stereocenters. The van der Waals surface area contributed by atoms with E-state index in [1.807, 2.05) is 36.4 Å². The van der Waals surface area contributed by atoms with Crippen molar-refractivity contribution in [1.82, 2.24) is 10.3 Å². The van der Waals surface area contributed by atoms with Crippen LogP contribution in [-0.2, 0) is 0 Å².